The lowest BCUT2D eigenvalue weighted by atomic mass is 10.0. The van der Waals surface area contributed by atoms with Gasteiger partial charge in [0.15, 0.2) is 5.01 Å². The molecule has 1 fully saturated rings. The Hall–Kier alpha value is -3.01. The number of carbonyl (C=O) groups excluding carboxylic acids is 2. The second kappa shape index (κ2) is 11.7. The molecule has 0 saturated carbocycles. The van der Waals surface area contributed by atoms with E-state index >= 15 is 0 Å². The number of thiazole rings is 1. The Kier molecular flexibility index (Phi) is 9.28. The monoisotopic (exact) mass is 613 g/mol. The molecule has 16 heteroatoms. The highest BCUT2D eigenvalue weighted by Crippen LogP contribution is 2.40. The normalized spacial score (nSPS) is 18.9. The Morgan fingerprint density at radius 3 is 2.39 bits per heavy atom. The molecular weight excluding hydrogens is 583 g/mol. The van der Waals surface area contributed by atoms with Gasteiger partial charge in [-0.3, -0.25) is 9.59 Å². The maximum absolute atomic E-state index is 14.2. The number of pyridine rings is 1. The molecule has 1 saturated heterocycles. The fraction of sp³-hybridized carbons (Fsp3) is 0.600. The number of aliphatic hydroxyl groups is 1. The first-order valence-electron chi connectivity index (χ1n) is 12.6. The molecule has 2 amide bonds. The molecule has 2 unspecified atom stereocenters. The van der Waals surface area contributed by atoms with Crippen molar-refractivity contribution in [2.75, 3.05) is 11.9 Å². The molecule has 3 N–H and O–H groups in total. The quantitative estimate of drug-likeness (QED) is 0.316. The van der Waals surface area contributed by atoms with E-state index in [-0.39, 0.29) is 9.88 Å². The van der Waals surface area contributed by atoms with E-state index in [4.69, 9.17) is 0 Å². The maximum Gasteiger partial charge on any atom is 0.408 e. The van der Waals surface area contributed by atoms with Crippen molar-refractivity contribution in [3.8, 4) is 10.4 Å². The van der Waals surface area contributed by atoms with E-state index in [1.54, 1.807) is 0 Å². The van der Waals surface area contributed by atoms with Crippen LogP contribution in [-0.2, 0) is 0 Å². The fourth-order valence-electron chi connectivity index (χ4n) is 4.11. The van der Waals surface area contributed by atoms with E-state index in [0.29, 0.717) is 17.4 Å². The molecule has 3 rings (SSSR count). The summed E-state index contributed by atoms with van der Waals surface area (Å²) in [6.07, 6.45) is -8.18. The van der Waals surface area contributed by atoms with E-state index in [0.717, 1.165) is 11.1 Å². The van der Waals surface area contributed by atoms with Gasteiger partial charge in [0.25, 0.3) is 24.2 Å². The van der Waals surface area contributed by atoms with Crippen LogP contribution in [0.5, 0.6) is 0 Å². The summed E-state index contributed by atoms with van der Waals surface area (Å²) in [5.74, 6) is -5.62. The zero-order valence-corrected chi connectivity index (χ0v) is 23.6. The van der Waals surface area contributed by atoms with Crippen LogP contribution < -0.4 is 10.6 Å². The molecule has 0 aromatic carbocycles. The zero-order chi connectivity index (χ0) is 31.1. The van der Waals surface area contributed by atoms with Crippen LogP contribution in [0.25, 0.3) is 10.4 Å². The van der Waals surface area contributed by atoms with Gasteiger partial charge in [-0.2, -0.15) is 13.2 Å². The number of rotatable bonds is 9. The number of anilines is 1. The van der Waals surface area contributed by atoms with Crippen LogP contribution in [0, 0.1) is 0 Å². The molecule has 3 atom stereocenters. The molecule has 0 radical (unpaired) electrons. The number of aromatic nitrogens is 2. The minimum atomic E-state index is -4.69. The Morgan fingerprint density at radius 2 is 1.90 bits per heavy atom. The van der Waals surface area contributed by atoms with Crippen molar-refractivity contribution in [2.24, 2.45) is 0 Å². The van der Waals surface area contributed by atoms with Gasteiger partial charge in [-0.05, 0) is 40.2 Å². The van der Waals surface area contributed by atoms with Crippen molar-refractivity contribution in [2.45, 2.75) is 89.7 Å². The topological polar surface area (TPSA) is 107 Å². The first kappa shape index (κ1) is 32.5. The van der Waals surface area contributed by atoms with Gasteiger partial charge in [0, 0.05) is 29.8 Å². The third kappa shape index (κ3) is 7.45. The van der Waals surface area contributed by atoms with Crippen LogP contribution in [0.2, 0.25) is 0 Å². The van der Waals surface area contributed by atoms with Gasteiger partial charge < -0.3 is 20.6 Å². The Bertz CT molecular complexity index is 1280. The predicted octanol–water partition coefficient (Wildman–Crippen LogP) is 5.65. The van der Waals surface area contributed by atoms with Gasteiger partial charge in [-0.15, -0.1) is 11.3 Å². The third-order valence-corrected chi connectivity index (χ3v) is 7.85. The van der Waals surface area contributed by atoms with Crippen LogP contribution in [0.15, 0.2) is 12.3 Å². The average molecular weight is 614 g/mol. The van der Waals surface area contributed by atoms with Gasteiger partial charge in [-0.1, -0.05) is 6.92 Å². The van der Waals surface area contributed by atoms with Gasteiger partial charge in [0.05, 0.1) is 23.1 Å². The molecule has 3 heterocycles. The summed E-state index contributed by atoms with van der Waals surface area (Å²) in [6.45, 7) is 6.00. The summed E-state index contributed by atoms with van der Waals surface area (Å²) in [7, 11) is 0. The molecular formula is C25H30F7N5O3S. The van der Waals surface area contributed by atoms with Crippen LogP contribution in [0.4, 0.5) is 36.6 Å². The van der Waals surface area contributed by atoms with E-state index in [2.05, 4.69) is 20.6 Å². The molecule has 1 aliphatic heterocycles. The largest absolute Gasteiger partial charge is 0.408 e. The van der Waals surface area contributed by atoms with E-state index in [9.17, 15) is 45.4 Å². The Balaban J connectivity index is 2.12. The number of halogens is 7. The highest BCUT2D eigenvalue weighted by Gasteiger charge is 2.46. The highest BCUT2D eigenvalue weighted by molar-refractivity contribution is 7.17. The number of carbonyl (C=O) groups is 2. The van der Waals surface area contributed by atoms with Crippen LogP contribution >= 0.6 is 11.3 Å². The first-order valence-corrected chi connectivity index (χ1v) is 13.4. The maximum atomic E-state index is 14.2. The van der Waals surface area contributed by atoms with Crippen molar-refractivity contribution in [1.29, 1.82) is 0 Å². The molecule has 0 aliphatic carbocycles. The van der Waals surface area contributed by atoms with Gasteiger partial charge in [0.2, 0.25) is 0 Å². The molecule has 1 aliphatic rings. The van der Waals surface area contributed by atoms with E-state index < -0.39 is 96.1 Å². The smallest absolute Gasteiger partial charge is 0.388 e. The van der Waals surface area contributed by atoms with E-state index in [1.807, 2.05) is 0 Å². The molecule has 228 valence electrons. The van der Waals surface area contributed by atoms with Gasteiger partial charge in [0.1, 0.15) is 17.6 Å². The summed E-state index contributed by atoms with van der Waals surface area (Å²) < 4.78 is 96.3. The molecule has 0 spiro atoms. The number of nitrogens with one attached hydrogen (secondary N) is 2. The average Bonchev–Trinajstić information content (AvgIpc) is 3.40. The number of alkyl halides is 7. The highest BCUT2D eigenvalue weighted by atomic mass is 32.1. The minimum Gasteiger partial charge on any atom is -0.388 e. The standard InChI is InChI=1S/C25H30F7N5O3S/c1-6-15(25(30,31)32)35-16-7-13(19(26)27)14(9-33-16)18-17(22(39)37-10-24(28,29)8-11(37)2)36-21(41-18)20(38)34-12(3)23(4,5)40/h7,9,11-12,15,19,40H,6,8,10H2,1-5H3,(H,33,35)(H,34,38)/t11-,12?,15?/m0/s1. The molecule has 41 heavy (non-hydrogen) atoms. The lowest BCUT2D eigenvalue weighted by Crippen LogP contribution is -2.47. The van der Waals surface area contributed by atoms with Crippen molar-refractivity contribution in [1.82, 2.24) is 20.2 Å². The van der Waals surface area contributed by atoms with Crippen LogP contribution in [-0.4, -0.2) is 74.2 Å². The first-order chi connectivity index (χ1) is 18.7. The number of hydrogen-bond donors (Lipinski definition) is 3. The second-order valence-corrected chi connectivity index (χ2v) is 11.5. The van der Waals surface area contributed by atoms with Gasteiger partial charge >= 0.3 is 6.18 Å². The minimum absolute atomic E-state index is 0.296. The lowest BCUT2D eigenvalue weighted by molar-refractivity contribution is -0.142. The number of nitrogens with zero attached hydrogens (tertiary/aromatic N) is 3. The Labute approximate surface area is 235 Å². The van der Waals surface area contributed by atoms with Crippen LogP contribution in [0.3, 0.4) is 0 Å². The van der Waals surface area contributed by atoms with E-state index in [1.165, 1.54) is 34.6 Å². The lowest BCUT2D eigenvalue weighted by Gasteiger charge is -2.26. The van der Waals surface area contributed by atoms with Crippen molar-refractivity contribution < 1.29 is 45.4 Å². The molecule has 2 aromatic rings. The number of amides is 2. The Morgan fingerprint density at radius 1 is 1.27 bits per heavy atom. The predicted molar refractivity (Wildman–Crippen MR) is 137 cm³/mol. The SMILES string of the molecule is CCC(Nc1cc(C(F)F)c(-c2sc(C(=O)NC(C)C(C)(C)O)nc2C(=O)N2CC(F)(F)C[C@@H]2C)cn1)C(F)(F)F. The molecule has 0 bridgehead atoms. The number of likely N-dealkylation sites (tertiary alicyclic amines) is 1. The zero-order valence-electron chi connectivity index (χ0n) is 22.7. The van der Waals surface area contributed by atoms with Crippen molar-refractivity contribution >= 4 is 29.0 Å². The number of hydrogen-bond acceptors (Lipinski definition) is 7. The second-order valence-electron chi connectivity index (χ2n) is 10.5. The third-order valence-electron chi connectivity index (χ3n) is 6.76. The summed E-state index contributed by atoms with van der Waals surface area (Å²) in [5, 5.41) is 14.3. The summed E-state index contributed by atoms with van der Waals surface area (Å²) in [6, 6.07) is -3.13. The molecule has 8 nitrogen and oxygen atoms in total. The fourth-order valence-corrected chi connectivity index (χ4v) is 5.11. The van der Waals surface area contributed by atoms with Crippen LogP contribution in [0.1, 0.15) is 79.7 Å². The summed E-state index contributed by atoms with van der Waals surface area (Å²) in [5.41, 5.74) is -3.15. The molecule has 2 aromatic heterocycles. The van der Waals surface area contributed by atoms with Crippen molar-refractivity contribution in [3.63, 3.8) is 0 Å². The summed E-state index contributed by atoms with van der Waals surface area (Å²) >= 11 is 0.508. The van der Waals surface area contributed by atoms with Crippen molar-refractivity contribution in [3.05, 3.63) is 28.5 Å². The van der Waals surface area contributed by atoms with Gasteiger partial charge in [-0.25, -0.2) is 27.5 Å². The summed E-state index contributed by atoms with van der Waals surface area (Å²) in [4.78, 5) is 34.7.